The highest BCUT2D eigenvalue weighted by Crippen LogP contribution is 2.64. The minimum absolute atomic E-state index is 0.0240. The second kappa shape index (κ2) is 7.78. The van der Waals surface area contributed by atoms with Gasteiger partial charge in [0.15, 0.2) is 11.5 Å². The Morgan fingerprint density at radius 3 is 2.91 bits per heavy atom. The number of hydrogen-bond donors (Lipinski definition) is 2. The lowest BCUT2D eigenvalue weighted by molar-refractivity contribution is -0.120. The number of aromatic amines is 2. The van der Waals surface area contributed by atoms with Crippen molar-refractivity contribution in [1.82, 2.24) is 30.0 Å². The van der Waals surface area contributed by atoms with Crippen LogP contribution >= 0.6 is 0 Å². The minimum Gasteiger partial charge on any atom is -0.479 e. The molecule has 1 amide bonds. The van der Waals surface area contributed by atoms with Crippen LogP contribution in [0.25, 0.3) is 22.7 Å². The van der Waals surface area contributed by atoms with Gasteiger partial charge in [-0.25, -0.2) is 4.98 Å². The number of nitrogens with one attached hydrogen (secondary N) is 2. The number of hydrogen-bond acceptors (Lipinski definition) is 7. The van der Waals surface area contributed by atoms with Gasteiger partial charge in [0.25, 0.3) is 0 Å². The fourth-order valence-corrected chi connectivity index (χ4v) is 5.79. The van der Waals surface area contributed by atoms with Crippen LogP contribution in [0.4, 0.5) is 5.69 Å². The Morgan fingerprint density at radius 1 is 1.35 bits per heavy atom. The lowest BCUT2D eigenvalue weighted by atomic mass is 9.87. The molecular formula is C24H31N7O3. The number of carbonyl (C=O) groups is 1. The molecule has 4 heterocycles. The second-order valence-corrected chi connectivity index (χ2v) is 10.1. The average Bonchev–Trinajstić information content (AvgIpc) is 3.19. The van der Waals surface area contributed by atoms with Gasteiger partial charge in [0.1, 0.15) is 11.4 Å². The van der Waals surface area contributed by atoms with E-state index in [0.29, 0.717) is 54.1 Å². The van der Waals surface area contributed by atoms with E-state index in [-0.39, 0.29) is 5.91 Å². The number of carbonyl (C=O) groups excluding carboxylic acids is 1. The van der Waals surface area contributed by atoms with Crippen LogP contribution in [0.15, 0.2) is 6.07 Å². The monoisotopic (exact) mass is 465 g/mol. The van der Waals surface area contributed by atoms with Crippen LogP contribution in [0.3, 0.4) is 0 Å². The standard InChI is InChI=1S/C24H31N7O3/c1-13-15-9-14-17(11-24(13,15)2)28-29-20(14)22-25-16-10-18(23(33-4)27-21(16)26-22)30(3)19(32)12-31-5-7-34-8-6-31/h10,13,15H,5-9,11-12H2,1-4H3,(H,28,29)(H,25,26,27)/t13-,15+,24-/m0/s1. The zero-order chi connectivity index (χ0) is 23.6. The maximum atomic E-state index is 13.0. The van der Waals surface area contributed by atoms with Gasteiger partial charge in [-0.2, -0.15) is 10.1 Å². The van der Waals surface area contributed by atoms with E-state index in [1.54, 1.807) is 19.1 Å². The molecule has 0 bridgehead atoms. The van der Waals surface area contributed by atoms with Crippen molar-refractivity contribution in [3.63, 3.8) is 0 Å². The summed E-state index contributed by atoms with van der Waals surface area (Å²) in [6, 6.07) is 1.88. The van der Waals surface area contributed by atoms with Gasteiger partial charge in [-0.1, -0.05) is 13.8 Å². The van der Waals surface area contributed by atoms with E-state index >= 15 is 0 Å². The normalized spacial score (nSPS) is 26.2. The van der Waals surface area contributed by atoms with Gasteiger partial charge in [-0.3, -0.25) is 14.8 Å². The van der Waals surface area contributed by atoms with Gasteiger partial charge in [-0.15, -0.1) is 0 Å². The van der Waals surface area contributed by atoms with Crippen LogP contribution in [0.1, 0.15) is 25.1 Å². The highest BCUT2D eigenvalue weighted by molar-refractivity contribution is 5.97. The summed E-state index contributed by atoms with van der Waals surface area (Å²) in [7, 11) is 3.31. The Hall–Kier alpha value is -2.98. The molecule has 1 saturated heterocycles. The summed E-state index contributed by atoms with van der Waals surface area (Å²) in [5.74, 6) is 2.48. The summed E-state index contributed by atoms with van der Waals surface area (Å²) in [6.45, 7) is 7.87. The number of likely N-dealkylation sites (N-methyl/N-ethyl adjacent to an activating group) is 1. The Bertz CT molecular complexity index is 1260. The lowest BCUT2D eigenvalue weighted by Gasteiger charge is -2.28. The molecule has 0 aromatic carbocycles. The summed E-state index contributed by atoms with van der Waals surface area (Å²) in [4.78, 5) is 29.4. The van der Waals surface area contributed by atoms with Crippen molar-refractivity contribution >= 4 is 22.8 Å². The lowest BCUT2D eigenvalue weighted by Crippen LogP contribution is -2.43. The average molecular weight is 466 g/mol. The topological polar surface area (TPSA) is 112 Å². The van der Waals surface area contributed by atoms with E-state index < -0.39 is 0 Å². The zero-order valence-electron chi connectivity index (χ0n) is 20.1. The van der Waals surface area contributed by atoms with E-state index in [1.165, 1.54) is 11.3 Å². The van der Waals surface area contributed by atoms with Crippen molar-refractivity contribution in [1.29, 1.82) is 0 Å². The molecule has 3 aromatic rings. The summed E-state index contributed by atoms with van der Waals surface area (Å²) in [5.41, 5.74) is 5.64. The summed E-state index contributed by atoms with van der Waals surface area (Å²) in [5, 5.41) is 7.87. The van der Waals surface area contributed by atoms with Crippen LogP contribution in [-0.4, -0.2) is 83.0 Å². The van der Waals surface area contributed by atoms with Crippen LogP contribution in [0.2, 0.25) is 0 Å². The number of amides is 1. The highest BCUT2D eigenvalue weighted by Gasteiger charge is 2.60. The summed E-state index contributed by atoms with van der Waals surface area (Å²) < 4.78 is 10.9. The summed E-state index contributed by atoms with van der Waals surface area (Å²) >= 11 is 0. The van der Waals surface area contributed by atoms with Crippen molar-refractivity contribution < 1.29 is 14.3 Å². The first-order chi connectivity index (χ1) is 16.4. The first kappa shape index (κ1) is 21.5. The number of pyridine rings is 1. The quantitative estimate of drug-likeness (QED) is 0.593. The predicted octanol–water partition coefficient (Wildman–Crippen LogP) is 2.02. The third kappa shape index (κ3) is 3.31. The molecular weight excluding hydrogens is 434 g/mol. The maximum Gasteiger partial charge on any atom is 0.241 e. The number of nitrogens with zero attached hydrogens (tertiary/aromatic N) is 5. The number of fused-ring (bicyclic) bond motifs is 3. The Morgan fingerprint density at radius 2 is 2.15 bits per heavy atom. The largest absolute Gasteiger partial charge is 0.479 e. The van der Waals surface area contributed by atoms with E-state index in [1.807, 2.05) is 6.07 Å². The van der Waals surface area contributed by atoms with Crippen LogP contribution in [0, 0.1) is 17.3 Å². The molecule has 0 radical (unpaired) electrons. The van der Waals surface area contributed by atoms with E-state index in [0.717, 1.165) is 43.1 Å². The van der Waals surface area contributed by atoms with Crippen molar-refractivity contribution in [2.75, 3.05) is 51.9 Å². The molecule has 0 spiro atoms. The van der Waals surface area contributed by atoms with Crippen LogP contribution in [-0.2, 0) is 22.4 Å². The molecule has 10 nitrogen and oxygen atoms in total. The molecule has 10 heteroatoms. The van der Waals surface area contributed by atoms with Crippen molar-refractivity contribution in [2.24, 2.45) is 17.3 Å². The fourth-order valence-electron chi connectivity index (χ4n) is 5.79. The van der Waals surface area contributed by atoms with E-state index in [4.69, 9.17) is 14.5 Å². The van der Waals surface area contributed by atoms with Crippen LogP contribution in [0.5, 0.6) is 5.88 Å². The van der Waals surface area contributed by atoms with Gasteiger partial charge in [-0.05, 0) is 36.2 Å². The molecule has 2 aliphatic carbocycles. The molecule has 6 rings (SSSR count). The first-order valence-electron chi connectivity index (χ1n) is 12.0. The second-order valence-electron chi connectivity index (χ2n) is 10.1. The SMILES string of the molecule is COc1nc2nc(-c3n[nH]c4c3C[C@@H]3[C@H](C)[C@]3(C)C4)[nH]c2cc1N(C)C(=O)CN1CCOCC1. The molecule has 34 heavy (non-hydrogen) atoms. The van der Waals surface area contributed by atoms with Gasteiger partial charge in [0.2, 0.25) is 11.8 Å². The Kier molecular flexibility index (Phi) is 4.93. The number of H-pyrrole nitrogens is 2. The van der Waals surface area contributed by atoms with Crippen molar-refractivity contribution in [3.8, 4) is 17.4 Å². The highest BCUT2D eigenvalue weighted by atomic mass is 16.5. The summed E-state index contributed by atoms with van der Waals surface area (Å²) in [6.07, 6.45) is 2.06. The Labute approximate surface area is 198 Å². The van der Waals surface area contributed by atoms with Gasteiger partial charge in [0.05, 0.1) is 32.4 Å². The number of aromatic nitrogens is 5. The molecule has 180 valence electrons. The molecule has 2 N–H and O–H groups in total. The van der Waals surface area contributed by atoms with Crippen molar-refractivity contribution in [3.05, 3.63) is 17.3 Å². The molecule has 2 fully saturated rings. The first-order valence-corrected chi connectivity index (χ1v) is 12.0. The Balaban J connectivity index is 1.30. The maximum absolute atomic E-state index is 13.0. The number of methoxy groups -OCH3 is 1. The molecule has 0 unspecified atom stereocenters. The molecule has 3 aliphatic rings. The zero-order valence-corrected chi connectivity index (χ0v) is 20.1. The minimum atomic E-state index is -0.0240. The third-order valence-corrected chi connectivity index (χ3v) is 8.35. The van der Waals surface area contributed by atoms with Gasteiger partial charge in [0, 0.05) is 31.4 Å². The van der Waals surface area contributed by atoms with E-state index in [9.17, 15) is 4.79 Å². The smallest absolute Gasteiger partial charge is 0.241 e. The van der Waals surface area contributed by atoms with Crippen molar-refractivity contribution in [2.45, 2.75) is 26.7 Å². The fraction of sp³-hybridized carbons (Fsp3) is 0.583. The molecule has 1 aliphatic heterocycles. The molecule has 1 saturated carbocycles. The van der Waals surface area contributed by atoms with E-state index in [2.05, 4.69) is 38.9 Å². The van der Waals surface area contributed by atoms with Gasteiger partial charge >= 0.3 is 0 Å². The van der Waals surface area contributed by atoms with Gasteiger partial charge < -0.3 is 19.4 Å². The molecule has 3 aromatic heterocycles. The number of morpholine rings is 1. The number of anilines is 1. The van der Waals surface area contributed by atoms with Crippen LogP contribution < -0.4 is 9.64 Å². The molecule has 3 atom stereocenters. The number of imidazole rings is 1. The number of rotatable bonds is 5. The third-order valence-electron chi connectivity index (χ3n) is 8.35. The predicted molar refractivity (Wildman–Crippen MR) is 127 cm³/mol. The number of ether oxygens (including phenoxy) is 2.